The molecule has 2 rings (SSSR count). The van der Waals surface area contributed by atoms with Gasteiger partial charge in [0.15, 0.2) is 0 Å². The minimum Gasteiger partial charge on any atom is -0.314 e. The second-order valence-electron chi connectivity index (χ2n) is 4.92. The Bertz CT molecular complexity index is 465. The molecular weight excluding hydrogens is 248 g/mol. The maximum absolute atomic E-state index is 12.0. The molecule has 0 spiro atoms. The van der Waals surface area contributed by atoms with Gasteiger partial charge >= 0.3 is 0 Å². The molecule has 1 aliphatic rings. The van der Waals surface area contributed by atoms with E-state index in [1.807, 2.05) is 6.07 Å². The molecule has 0 aliphatic carbocycles. The molecule has 1 aromatic rings. The SMILES string of the molecule is CC1CCC(CNS(=O)(=O)c2ccccc2)CN1. The molecule has 0 aromatic heterocycles. The molecule has 0 radical (unpaired) electrons. The largest absolute Gasteiger partial charge is 0.314 e. The molecular formula is C13H20N2O2S. The summed E-state index contributed by atoms with van der Waals surface area (Å²) in [5, 5.41) is 3.37. The van der Waals surface area contributed by atoms with Crippen LogP contribution in [-0.4, -0.2) is 27.5 Å². The van der Waals surface area contributed by atoms with Crippen LogP contribution in [0.5, 0.6) is 0 Å². The van der Waals surface area contributed by atoms with Crippen molar-refractivity contribution in [1.82, 2.24) is 10.0 Å². The summed E-state index contributed by atoms with van der Waals surface area (Å²) in [5.74, 6) is 0.389. The summed E-state index contributed by atoms with van der Waals surface area (Å²) in [6.45, 7) is 3.56. The first kappa shape index (κ1) is 13.5. The van der Waals surface area contributed by atoms with Gasteiger partial charge in [0.2, 0.25) is 10.0 Å². The van der Waals surface area contributed by atoms with E-state index in [-0.39, 0.29) is 0 Å². The second kappa shape index (κ2) is 5.82. The van der Waals surface area contributed by atoms with E-state index in [9.17, 15) is 8.42 Å². The lowest BCUT2D eigenvalue weighted by molar-refractivity contribution is 0.323. The molecule has 2 atom stereocenters. The standard InChI is InChI=1S/C13H20N2O2S/c1-11-7-8-12(9-14-11)10-15-18(16,17)13-5-3-2-4-6-13/h2-6,11-12,14-15H,7-10H2,1H3. The number of hydrogen-bond donors (Lipinski definition) is 2. The summed E-state index contributed by atoms with van der Waals surface area (Å²) in [6.07, 6.45) is 2.18. The quantitative estimate of drug-likeness (QED) is 0.866. The number of piperidine rings is 1. The smallest absolute Gasteiger partial charge is 0.240 e. The molecule has 100 valence electrons. The highest BCUT2D eigenvalue weighted by Gasteiger charge is 2.20. The number of nitrogens with one attached hydrogen (secondary N) is 2. The average Bonchev–Trinajstić information content (AvgIpc) is 2.39. The van der Waals surface area contributed by atoms with Gasteiger partial charge < -0.3 is 5.32 Å². The highest BCUT2D eigenvalue weighted by molar-refractivity contribution is 7.89. The van der Waals surface area contributed by atoms with Gasteiger partial charge in [0.05, 0.1) is 4.90 Å². The zero-order valence-corrected chi connectivity index (χ0v) is 11.4. The van der Waals surface area contributed by atoms with Crippen molar-refractivity contribution < 1.29 is 8.42 Å². The van der Waals surface area contributed by atoms with E-state index >= 15 is 0 Å². The van der Waals surface area contributed by atoms with Gasteiger partial charge in [-0.25, -0.2) is 13.1 Å². The van der Waals surface area contributed by atoms with E-state index < -0.39 is 10.0 Å². The molecule has 1 aromatic carbocycles. The first-order valence-corrected chi connectivity index (χ1v) is 7.84. The van der Waals surface area contributed by atoms with Crippen molar-refractivity contribution in [3.63, 3.8) is 0 Å². The Labute approximate surface area is 109 Å². The fourth-order valence-electron chi connectivity index (χ4n) is 2.14. The van der Waals surface area contributed by atoms with Crippen molar-refractivity contribution in [1.29, 1.82) is 0 Å². The van der Waals surface area contributed by atoms with Crippen LogP contribution in [-0.2, 0) is 10.0 Å². The molecule has 1 aliphatic heterocycles. The van der Waals surface area contributed by atoms with E-state index in [0.717, 1.165) is 19.4 Å². The molecule has 2 N–H and O–H groups in total. The summed E-state index contributed by atoms with van der Waals surface area (Å²) in [5.41, 5.74) is 0. The highest BCUT2D eigenvalue weighted by atomic mass is 32.2. The van der Waals surface area contributed by atoms with Crippen LogP contribution in [0, 0.1) is 5.92 Å². The minimum atomic E-state index is -3.35. The van der Waals surface area contributed by atoms with Crippen molar-refractivity contribution in [2.24, 2.45) is 5.92 Å². The Hall–Kier alpha value is -0.910. The molecule has 1 saturated heterocycles. The topological polar surface area (TPSA) is 58.2 Å². The molecule has 0 saturated carbocycles. The van der Waals surface area contributed by atoms with Crippen LogP contribution in [0.4, 0.5) is 0 Å². The van der Waals surface area contributed by atoms with Crippen molar-refractivity contribution in [2.45, 2.75) is 30.7 Å². The van der Waals surface area contributed by atoms with Gasteiger partial charge in [-0.15, -0.1) is 0 Å². The van der Waals surface area contributed by atoms with Gasteiger partial charge in [0.1, 0.15) is 0 Å². The monoisotopic (exact) mass is 268 g/mol. The summed E-state index contributed by atoms with van der Waals surface area (Å²) in [7, 11) is -3.35. The zero-order chi connectivity index (χ0) is 13.0. The fraction of sp³-hybridized carbons (Fsp3) is 0.538. The van der Waals surface area contributed by atoms with Crippen LogP contribution in [0.15, 0.2) is 35.2 Å². The van der Waals surface area contributed by atoms with Crippen LogP contribution >= 0.6 is 0 Å². The highest BCUT2D eigenvalue weighted by Crippen LogP contribution is 2.14. The molecule has 5 heteroatoms. The maximum Gasteiger partial charge on any atom is 0.240 e. The van der Waals surface area contributed by atoms with Gasteiger partial charge in [0, 0.05) is 12.6 Å². The molecule has 2 unspecified atom stereocenters. The first-order valence-electron chi connectivity index (χ1n) is 6.36. The lowest BCUT2D eigenvalue weighted by Gasteiger charge is -2.27. The van der Waals surface area contributed by atoms with Crippen molar-refractivity contribution in [2.75, 3.05) is 13.1 Å². The third-order valence-corrected chi connectivity index (χ3v) is 4.82. The summed E-state index contributed by atoms with van der Waals surface area (Å²) >= 11 is 0. The molecule has 0 amide bonds. The van der Waals surface area contributed by atoms with Crippen LogP contribution in [0.3, 0.4) is 0 Å². The third kappa shape index (κ3) is 3.54. The van der Waals surface area contributed by atoms with Crippen LogP contribution < -0.4 is 10.0 Å². The van der Waals surface area contributed by atoms with E-state index in [1.54, 1.807) is 24.3 Å². The normalized spacial score (nSPS) is 24.9. The number of hydrogen-bond acceptors (Lipinski definition) is 3. The molecule has 0 bridgehead atoms. The first-order chi connectivity index (χ1) is 8.58. The molecule has 1 heterocycles. The Morgan fingerprint density at radius 2 is 2.00 bits per heavy atom. The Kier molecular flexibility index (Phi) is 4.37. The summed E-state index contributed by atoms with van der Waals surface area (Å²) in [4.78, 5) is 0.335. The molecule has 18 heavy (non-hydrogen) atoms. The Balaban J connectivity index is 1.90. The number of benzene rings is 1. The minimum absolute atomic E-state index is 0.335. The van der Waals surface area contributed by atoms with Gasteiger partial charge in [-0.05, 0) is 44.4 Å². The molecule has 4 nitrogen and oxygen atoms in total. The number of sulfonamides is 1. The van der Waals surface area contributed by atoms with Gasteiger partial charge in [-0.3, -0.25) is 0 Å². The third-order valence-electron chi connectivity index (χ3n) is 3.38. The van der Waals surface area contributed by atoms with Crippen LogP contribution in [0.2, 0.25) is 0 Å². The maximum atomic E-state index is 12.0. The fourth-order valence-corrected chi connectivity index (χ4v) is 3.28. The van der Waals surface area contributed by atoms with Crippen LogP contribution in [0.25, 0.3) is 0 Å². The Morgan fingerprint density at radius 3 is 2.61 bits per heavy atom. The molecule has 1 fully saturated rings. The number of rotatable bonds is 4. The average molecular weight is 268 g/mol. The van der Waals surface area contributed by atoms with Gasteiger partial charge in [-0.1, -0.05) is 18.2 Å². The van der Waals surface area contributed by atoms with E-state index in [4.69, 9.17) is 0 Å². The van der Waals surface area contributed by atoms with Crippen LogP contribution in [0.1, 0.15) is 19.8 Å². The Morgan fingerprint density at radius 1 is 1.28 bits per heavy atom. The van der Waals surface area contributed by atoms with Crippen molar-refractivity contribution in [3.8, 4) is 0 Å². The van der Waals surface area contributed by atoms with E-state index in [1.165, 1.54) is 0 Å². The van der Waals surface area contributed by atoms with Gasteiger partial charge in [-0.2, -0.15) is 0 Å². The predicted octanol–water partition coefficient (Wildman–Crippen LogP) is 1.35. The van der Waals surface area contributed by atoms with Gasteiger partial charge in [0.25, 0.3) is 0 Å². The summed E-state index contributed by atoms with van der Waals surface area (Å²) in [6, 6.07) is 9.06. The zero-order valence-electron chi connectivity index (χ0n) is 10.6. The van der Waals surface area contributed by atoms with E-state index in [2.05, 4.69) is 17.0 Å². The van der Waals surface area contributed by atoms with Crippen molar-refractivity contribution >= 4 is 10.0 Å². The predicted molar refractivity (Wildman–Crippen MR) is 71.8 cm³/mol. The second-order valence-corrected chi connectivity index (χ2v) is 6.68. The summed E-state index contributed by atoms with van der Waals surface area (Å²) < 4.78 is 26.7. The lowest BCUT2D eigenvalue weighted by Crippen LogP contribution is -2.41. The van der Waals surface area contributed by atoms with Crippen molar-refractivity contribution in [3.05, 3.63) is 30.3 Å². The lowest BCUT2D eigenvalue weighted by atomic mass is 9.96. The van der Waals surface area contributed by atoms with E-state index in [0.29, 0.717) is 23.4 Å².